The number of nitrogens with zero attached hydrogens (tertiary/aromatic N) is 2. The molecule has 3 rings (SSSR count). The van der Waals surface area contributed by atoms with Crippen LogP contribution in [0.1, 0.15) is 44.7 Å². The zero-order chi connectivity index (χ0) is 17.2. The highest BCUT2D eigenvalue weighted by Crippen LogP contribution is 2.43. The van der Waals surface area contributed by atoms with Crippen molar-refractivity contribution in [1.82, 2.24) is 9.80 Å². The lowest BCUT2D eigenvalue weighted by atomic mass is 9.74. The van der Waals surface area contributed by atoms with Gasteiger partial charge < -0.3 is 14.5 Å². The van der Waals surface area contributed by atoms with Crippen LogP contribution >= 0.6 is 0 Å². The summed E-state index contributed by atoms with van der Waals surface area (Å²) in [7, 11) is 0. The minimum atomic E-state index is -0.101. The molecule has 1 aromatic carbocycles. The third kappa shape index (κ3) is 3.35. The lowest BCUT2D eigenvalue weighted by molar-refractivity contribution is -0.139. The Labute approximate surface area is 145 Å². The Hall–Kier alpha value is -1.39. The maximum absolute atomic E-state index is 12.3. The van der Waals surface area contributed by atoms with E-state index in [-0.39, 0.29) is 11.4 Å². The van der Waals surface area contributed by atoms with Crippen LogP contribution in [0, 0.1) is 0 Å². The molecule has 0 atom stereocenters. The van der Waals surface area contributed by atoms with Gasteiger partial charge in [-0.15, -0.1) is 0 Å². The van der Waals surface area contributed by atoms with Gasteiger partial charge in [-0.2, -0.15) is 0 Å². The topological polar surface area (TPSA) is 32.8 Å². The number of ether oxygens (including phenoxy) is 1. The highest BCUT2D eigenvalue weighted by Gasteiger charge is 2.45. The standard InChI is InChI=1S/C20H30N2O2/c1-16(2)24-15-14-21-12-9-20(10-13-21)19-7-5-4-6-18(19)8-11-22(20)17(3)23/h4-7,16H,8-15H2,1-3H3. The summed E-state index contributed by atoms with van der Waals surface area (Å²) in [6.45, 7) is 10.6. The molecule has 0 saturated carbocycles. The lowest BCUT2D eigenvalue weighted by Crippen LogP contribution is -2.57. The number of amides is 1. The molecular weight excluding hydrogens is 300 g/mol. The van der Waals surface area contributed by atoms with Gasteiger partial charge in [-0.25, -0.2) is 0 Å². The molecule has 0 radical (unpaired) electrons. The van der Waals surface area contributed by atoms with Crippen molar-refractivity contribution in [3.05, 3.63) is 35.4 Å². The zero-order valence-electron chi connectivity index (χ0n) is 15.3. The molecule has 0 bridgehead atoms. The van der Waals surface area contributed by atoms with Crippen LogP contribution in [-0.4, -0.2) is 54.6 Å². The van der Waals surface area contributed by atoms with E-state index in [2.05, 4.69) is 47.9 Å². The minimum absolute atomic E-state index is 0.101. The van der Waals surface area contributed by atoms with E-state index >= 15 is 0 Å². The summed E-state index contributed by atoms with van der Waals surface area (Å²) in [5.74, 6) is 0.209. The number of carbonyl (C=O) groups is 1. The fraction of sp³-hybridized carbons (Fsp3) is 0.650. The van der Waals surface area contributed by atoms with Crippen molar-refractivity contribution in [2.24, 2.45) is 0 Å². The predicted molar refractivity (Wildman–Crippen MR) is 96.0 cm³/mol. The van der Waals surface area contributed by atoms with E-state index < -0.39 is 0 Å². The smallest absolute Gasteiger partial charge is 0.220 e. The Kier molecular flexibility index (Phi) is 5.26. The molecule has 0 aliphatic carbocycles. The van der Waals surface area contributed by atoms with Crippen molar-refractivity contribution < 1.29 is 9.53 Å². The van der Waals surface area contributed by atoms with Crippen LogP contribution in [0.5, 0.6) is 0 Å². The molecule has 1 saturated heterocycles. The third-order valence-corrected chi connectivity index (χ3v) is 5.56. The number of hydrogen-bond donors (Lipinski definition) is 0. The molecule has 0 aromatic heterocycles. The van der Waals surface area contributed by atoms with Gasteiger partial charge in [-0.05, 0) is 44.2 Å². The molecule has 1 amide bonds. The van der Waals surface area contributed by atoms with Crippen molar-refractivity contribution in [2.45, 2.75) is 51.7 Å². The second-order valence-corrected chi connectivity index (χ2v) is 7.37. The number of benzene rings is 1. The number of piperidine rings is 1. The summed E-state index contributed by atoms with van der Waals surface area (Å²) in [4.78, 5) is 16.9. The first-order valence-corrected chi connectivity index (χ1v) is 9.23. The highest BCUT2D eigenvalue weighted by atomic mass is 16.5. The summed E-state index contributed by atoms with van der Waals surface area (Å²) >= 11 is 0. The second kappa shape index (κ2) is 7.24. The summed E-state index contributed by atoms with van der Waals surface area (Å²) in [6.07, 6.45) is 3.31. The van der Waals surface area contributed by atoms with Gasteiger partial charge >= 0.3 is 0 Å². The van der Waals surface area contributed by atoms with Crippen LogP contribution in [0.15, 0.2) is 24.3 Å². The Morgan fingerprint density at radius 3 is 2.58 bits per heavy atom. The van der Waals surface area contributed by atoms with Crippen LogP contribution < -0.4 is 0 Å². The summed E-state index contributed by atoms with van der Waals surface area (Å²) in [5.41, 5.74) is 2.70. The van der Waals surface area contributed by atoms with Crippen molar-refractivity contribution in [2.75, 3.05) is 32.8 Å². The molecule has 4 heteroatoms. The Morgan fingerprint density at radius 2 is 1.92 bits per heavy atom. The maximum Gasteiger partial charge on any atom is 0.220 e. The second-order valence-electron chi connectivity index (χ2n) is 7.37. The SMILES string of the molecule is CC(=O)N1CCc2ccccc2C12CCN(CCOC(C)C)CC2. The van der Waals surface area contributed by atoms with Gasteiger partial charge in [0.15, 0.2) is 0 Å². The number of hydrogen-bond acceptors (Lipinski definition) is 3. The number of likely N-dealkylation sites (tertiary alicyclic amines) is 1. The van der Waals surface area contributed by atoms with E-state index in [1.165, 1.54) is 11.1 Å². The first kappa shape index (κ1) is 17.4. The molecular formula is C20H30N2O2. The average Bonchev–Trinajstić information content (AvgIpc) is 2.56. The lowest BCUT2D eigenvalue weighted by Gasteiger charge is -2.52. The number of fused-ring (bicyclic) bond motifs is 2. The first-order chi connectivity index (χ1) is 11.5. The van der Waals surface area contributed by atoms with Gasteiger partial charge in [0, 0.05) is 33.1 Å². The van der Waals surface area contributed by atoms with Gasteiger partial charge in [0.05, 0.1) is 18.2 Å². The van der Waals surface area contributed by atoms with Gasteiger partial charge in [-0.1, -0.05) is 24.3 Å². The summed E-state index contributed by atoms with van der Waals surface area (Å²) < 4.78 is 5.69. The molecule has 2 aliphatic rings. The maximum atomic E-state index is 12.3. The van der Waals surface area contributed by atoms with Crippen LogP contribution in [0.4, 0.5) is 0 Å². The van der Waals surface area contributed by atoms with E-state index in [1.54, 1.807) is 6.92 Å². The van der Waals surface area contributed by atoms with Gasteiger partial charge in [0.25, 0.3) is 0 Å². The third-order valence-electron chi connectivity index (χ3n) is 5.56. The monoisotopic (exact) mass is 330 g/mol. The Morgan fingerprint density at radius 1 is 1.21 bits per heavy atom. The average molecular weight is 330 g/mol. The van der Waals surface area contributed by atoms with Crippen LogP contribution in [0.3, 0.4) is 0 Å². The van der Waals surface area contributed by atoms with E-state index in [4.69, 9.17) is 4.74 Å². The molecule has 4 nitrogen and oxygen atoms in total. The summed E-state index contributed by atoms with van der Waals surface area (Å²) in [6, 6.07) is 8.71. The Bertz CT molecular complexity index is 577. The number of carbonyl (C=O) groups excluding carboxylic acids is 1. The van der Waals surface area contributed by atoms with Crippen molar-refractivity contribution in [1.29, 1.82) is 0 Å². The van der Waals surface area contributed by atoms with E-state index in [0.717, 1.165) is 52.0 Å². The molecule has 0 unspecified atom stereocenters. The zero-order valence-corrected chi connectivity index (χ0v) is 15.3. The van der Waals surface area contributed by atoms with Crippen LogP contribution in [-0.2, 0) is 21.5 Å². The fourth-order valence-corrected chi connectivity index (χ4v) is 4.35. The quantitative estimate of drug-likeness (QED) is 0.851. The first-order valence-electron chi connectivity index (χ1n) is 9.23. The molecule has 2 aliphatic heterocycles. The molecule has 1 spiro atoms. The normalized spacial score (nSPS) is 20.4. The molecule has 132 valence electrons. The minimum Gasteiger partial charge on any atom is -0.377 e. The van der Waals surface area contributed by atoms with Crippen LogP contribution in [0.25, 0.3) is 0 Å². The molecule has 1 aromatic rings. The van der Waals surface area contributed by atoms with Gasteiger partial charge in [-0.3, -0.25) is 4.79 Å². The van der Waals surface area contributed by atoms with E-state index in [9.17, 15) is 4.79 Å². The van der Waals surface area contributed by atoms with Crippen molar-refractivity contribution in [3.63, 3.8) is 0 Å². The van der Waals surface area contributed by atoms with Crippen molar-refractivity contribution >= 4 is 5.91 Å². The molecule has 2 heterocycles. The molecule has 24 heavy (non-hydrogen) atoms. The Balaban J connectivity index is 1.75. The number of rotatable bonds is 4. The van der Waals surface area contributed by atoms with Gasteiger partial charge in [0.1, 0.15) is 0 Å². The predicted octanol–water partition coefficient (Wildman–Crippen LogP) is 2.81. The molecule has 0 N–H and O–H groups in total. The van der Waals surface area contributed by atoms with Gasteiger partial charge in [0.2, 0.25) is 5.91 Å². The van der Waals surface area contributed by atoms with Crippen molar-refractivity contribution in [3.8, 4) is 0 Å². The van der Waals surface area contributed by atoms with E-state index in [1.807, 2.05) is 0 Å². The fourth-order valence-electron chi connectivity index (χ4n) is 4.35. The molecule has 1 fully saturated rings. The summed E-state index contributed by atoms with van der Waals surface area (Å²) in [5, 5.41) is 0. The highest BCUT2D eigenvalue weighted by molar-refractivity contribution is 5.75. The van der Waals surface area contributed by atoms with Crippen LogP contribution in [0.2, 0.25) is 0 Å². The van der Waals surface area contributed by atoms with E-state index in [0.29, 0.717) is 6.10 Å². The largest absolute Gasteiger partial charge is 0.377 e.